The maximum absolute atomic E-state index is 11.9. The molecular formula is C14H10O7. The van der Waals surface area contributed by atoms with E-state index < -0.39 is 34.6 Å². The molecule has 0 aliphatic carbocycles. The van der Waals surface area contributed by atoms with Crippen LogP contribution >= 0.6 is 0 Å². The average molecular weight is 290 g/mol. The summed E-state index contributed by atoms with van der Waals surface area (Å²) in [4.78, 5) is 22.9. The first-order valence-electron chi connectivity index (χ1n) is 5.69. The van der Waals surface area contributed by atoms with Gasteiger partial charge in [0.1, 0.15) is 34.1 Å². The van der Waals surface area contributed by atoms with E-state index in [4.69, 9.17) is 9.84 Å². The standard InChI is InChI=1S/C14H10O7/c15-7-4-5-11(8(6-7)13(18)19)21-14(20)12-9(16)2-1-3-10(12)17/h1-6,15-17H,(H,18,19). The van der Waals surface area contributed by atoms with E-state index in [0.29, 0.717) is 0 Å². The van der Waals surface area contributed by atoms with Crippen LogP contribution in [0.4, 0.5) is 0 Å². The first-order chi connectivity index (χ1) is 9.90. The number of aromatic hydroxyl groups is 3. The SMILES string of the molecule is O=C(O)c1cc(O)ccc1OC(=O)c1c(O)cccc1O. The van der Waals surface area contributed by atoms with Gasteiger partial charge in [-0.2, -0.15) is 0 Å². The van der Waals surface area contributed by atoms with Crippen molar-refractivity contribution in [1.82, 2.24) is 0 Å². The van der Waals surface area contributed by atoms with Gasteiger partial charge in [-0.3, -0.25) is 0 Å². The van der Waals surface area contributed by atoms with Gasteiger partial charge in [0.15, 0.2) is 0 Å². The molecule has 7 heteroatoms. The molecule has 2 aromatic rings. The first-order valence-corrected chi connectivity index (χ1v) is 5.69. The van der Waals surface area contributed by atoms with Gasteiger partial charge in [-0.1, -0.05) is 6.07 Å². The molecule has 0 atom stereocenters. The zero-order valence-electron chi connectivity index (χ0n) is 10.5. The van der Waals surface area contributed by atoms with Crippen molar-refractivity contribution in [3.8, 4) is 23.0 Å². The number of rotatable bonds is 3. The number of carbonyl (C=O) groups is 2. The Morgan fingerprint density at radius 1 is 0.952 bits per heavy atom. The highest BCUT2D eigenvalue weighted by atomic mass is 16.5. The van der Waals surface area contributed by atoms with Crippen molar-refractivity contribution in [3.63, 3.8) is 0 Å². The highest BCUT2D eigenvalue weighted by molar-refractivity contribution is 5.98. The van der Waals surface area contributed by atoms with Gasteiger partial charge in [-0.15, -0.1) is 0 Å². The first kappa shape index (κ1) is 14.2. The monoisotopic (exact) mass is 290 g/mol. The van der Waals surface area contributed by atoms with E-state index in [2.05, 4.69) is 0 Å². The molecule has 2 rings (SSSR count). The Hall–Kier alpha value is -3.22. The van der Waals surface area contributed by atoms with Crippen LogP contribution in [0.25, 0.3) is 0 Å². The zero-order valence-corrected chi connectivity index (χ0v) is 10.5. The molecule has 0 aliphatic heterocycles. The summed E-state index contributed by atoms with van der Waals surface area (Å²) in [5.41, 5.74) is -0.917. The predicted octanol–water partition coefficient (Wildman–Crippen LogP) is 1.72. The van der Waals surface area contributed by atoms with E-state index in [9.17, 15) is 24.9 Å². The van der Waals surface area contributed by atoms with Crippen molar-refractivity contribution in [2.75, 3.05) is 0 Å². The van der Waals surface area contributed by atoms with Crippen LogP contribution in [-0.4, -0.2) is 32.4 Å². The number of ether oxygens (including phenoxy) is 1. The number of phenols is 3. The molecule has 0 aliphatic rings. The molecule has 0 fully saturated rings. The number of phenolic OH excluding ortho intramolecular Hbond substituents is 3. The molecule has 2 aromatic carbocycles. The maximum Gasteiger partial charge on any atom is 0.351 e. The highest BCUT2D eigenvalue weighted by Crippen LogP contribution is 2.29. The molecule has 0 radical (unpaired) electrons. The van der Waals surface area contributed by atoms with Gasteiger partial charge in [0.25, 0.3) is 0 Å². The van der Waals surface area contributed by atoms with Crippen molar-refractivity contribution >= 4 is 11.9 Å². The Morgan fingerprint density at radius 3 is 2.14 bits per heavy atom. The van der Waals surface area contributed by atoms with Crippen molar-refractivity contribution in [3.05, 3.63) is 47.5 Å². The quantitative estimate of drug-likeness (QED) is 0.501. The Morgan fingerprint density at radius 2 is 1.57 bits per heavy atom. The Kier molecular flexibility index (Phi) is 3.66. The molecule has 0 saturated heterocycles. The van der Waals surface area contributed by atoms with Crippen molar-refractivity contribution < 1.29 is 34.8 Å². The topological polar surface area (TPSA) is 124 Å². The fourth-order valence-electron chi connectivity index (χ4n) is 1.66. The lowest BCUT2D eigenvalue weighted by Gasteiger charge is -2.09. The summed E-state index contributed by atoms with van der Waals surface area (Å²) in [6, 6.07) is 6.81. The summed E-state index contributed by atoms with van der Waals surface area (Å²) in [6.07, 6.45) is 0. The van der Waals surface area contributed by atoms with Crippen LogP contribution in [0.5, 0.6) is 23.0 Å². The second-order valence-corrected chi connectivity index (χ2v) is 4.05. The maximum atomic E-state index is 11.9. The van der Waals surface area contributed by atoms with Crippen LogP contribution in [0.2, 0.25) is 0 Å². The molecule has 0 spiro atoms. The number of benzene rings is 2. The summed E-state index contributed by atoms with van der Waals surface area (Å²) in [5, 5.41) is 37.3. The normalized spacial score (nSPS) is 10.1. The van der Waals surface area contributed by atoms with Crippen molar-refractivity contribution in [1.29, 1.82) is 0 Å². The Bertz CT molecular complexity index is 701. The Labute approximate surface area is 118 Å². The van der Waals surface area contributed by atoms with Gasteiger partial charge < -0.3 is 25.2 Å². The van der Waals surface area contributed by atoms with E-state index in [1.807, 2.05) is 0 Å². The summed E-state index contributed by atoms with van der Waals surface area (Å²) in [6.45, 7) is 0. The number of carboxylic acid groups (broad SMARTS) is 1. The molecule has 0 aromatic heterocycles. The van der Waals surface area contributed by atoms with E-state index in [-0.39, 0.29) is 11.5 Å². The van der Waals surface area contributed by atoms with Crippen LogP contribution in [0.1, 0.15) is 20.7 Å². The summed E-state index contributed by atoms with van der Waals surface area (Å²) < 4.78 is 4.86. The van der Waals surface area contributed by atoms with E-state index >= 15 is 0 Å². The number of carbonyl (C=O) groups excluding carboxylic acids is 1. The fourth-order valence-corrected chi connectivity index (χ4v) is 1.66. The minimum absolute atomic E-state index is 0.308. The Balaban J connectivity index is 2.39. The van der Waals surface area contributed by atoms with Crippen LogP contribution < -0.4 is 4.74 Å². The predicted molar refractivity (Wildman–Crippen MR) is 69.8 cm³/mol. The van der Waals surface area contributed by atoms with Crippen molar-refractivity contribution in [2.24, 2.45) is 0 Å². The largest absolute Gasteiger partial charge is 0.508 e. The smallest absolute Gasteiger partial charge is 0.351 e. The van der Waals surface area contributed by atoms with Gasteiger partial charge in [0.2, 0.25) is 0 Å². The van der Waals surface area contributed by atoms with Gasteiger partial charge in [-0.05, 0) is 30.3 Å². The number of aromatic carboxylic acids is 1. The lowest BCUT2D eigenvalue weighted by molar-refractivity contribution is 0.0680. The summed E-state index contributed by atoms with van der Waals surface area (Å²) >= 11 is 0. The molecule has 21 heavy (non-hydrogen) atoms. The minimum atomic E-state index is -1.41. The molecule has 108 valence electrons. The number of hydrogen-bond acceptors (Lipinski definition) is 6. The molecule has 0 unspecified atom stereocenters. The van der Waals surface area contributed by atoms with Gasteiger partial charge >= 0.3 is 11.9 Å². The minimum Gasteiger partial charge on any atom is -0.508 e. The molecule has 7 nitrogen and oxygen atoms in total. The average Bonchev–Trinajstić information content (AvgIpc) is 2.40. The van der Waals surface area contributed by atoms with E-state index in [0.717, 1.165) is 18.2 Å². The molecule has 0 bridgehead atoms. The summed E-state index contributed by atoms with van der Waals surface area (Å²) in [5.74, 6) is -4.18. The number of carboxylic acids is 1. The molecule has 0 heterocycles. The third kappa shape index (κ3) is 2.86. The van der Waals surface area contributed by atoms with Gasteiger partial charge in [0.05, 0.1) is 0 Å². The molecule has 0 saturated carbocycles. The van der Waals surface area contributed by atoms with Crippen LogP contribution in [0.3, 0.4) is 0 Å². The zero-order chi connectivity index (χ0) is 15.6. The van der Waals surface area contributed by atoms with E-state index in [1.165, 1.54) is 18.2 Å². The third-order valence-corrected chi connectivity index (χ3v) is 2.62. The fraction of sp³-hybridized carbons (Fsp3) is 0. The van der Waals surface area contributed by atoms with Crippen molar-refractivity contribution in [2.45, 2.75) is 0 Å². The molecular weight excluding hydrogens is 280 g/mol. The van der Waals surface area contributed by atoms with Crippen LogP contribution in [0.15, 0.2) is 36.4 Å². The highest BCUT2D eigenvalue weighted by Gasteiger charge is 2.21. The second-order valence-electron chi connectivity index (χ2n) is 4.05. The van der Waals surface area contributed by atoms with E-state index in [1.54, 1.807) is 0 Å². The lowest BCUT2D eigenvalue weighted by atomic mass is 10.1. The molecule has 4 N–H and O–H groups in total. The second kappa shape index (κ2) is 5.41. The number of esters is 1. The lowest BCUT2D eigenvalue weighted by Crippen LogP contribution is -2.12. The number of hydrogen-bond donors (Lipinski definition) is 4. The summed E-state index contributed by atoms with van der Waals surface area (Å²) in [7, 11) is 0. The van der Waals surface area contributed by atoms with Gasteiger partial charge in [-0.25, -0.2) is 9.59 Å². The van der Waals surface area contributed by atoms with Crippen LogP contribution in [0, 0.1) is 0 Å². The molecule has 0 amide bonds. The third-order valence-electron chi connectivity index (χ3n) is 2.62. The van der Waals surface area contributed by atoms with Crippen LogP contribution in [-0.2, 0) is 0 Å². The van der Waals surface area contributed by atoms with Gasteiger partial charge in [0, 0.05) is 0 Å².